The number of aryl methyl sites for hydroxylation is 1. The van der Waals surface area contributed by atoms with Crippen LogP contribution in [0.1, 0.15) is 16.9 Å². The normalized spacial score (nSPS) is 13.4. The first kappa shape index (κ1) is 22.3. The zero-order valence-corrected chi connectivity index (χ0v) is 19.7. The zero-order chi connectivity index (χ0) is 23.7. The predicted octanol–water partition coefficient (Wildman–Crippen LogP) is 5.95. The van der Waals surface area contributed by atoms with Gasteiger partial charge in [-0.3, -0.25) is 9.69 Å². The van der Waals surface area contributed by atoms with Crippen LogP contribution in [0.25, 0.3) is 11.0 Å². The van der Waals surface area contributed by atoms with E-state index in [1.54, 1.807) is 38.3 Å². The second-order valence-corrected chi connectivity index (χ2v) is 8.59. The van der Waals surface area contributed by atoms with Crippen molar-refractivity contribution in [3.05, 3.63) is 92.8 Å². The predicted molar refractivity (Wildman–Crippen MR) is 131 cm³/mol. The molecular weight excluding hydrogens is 454 g/mol. The van der Waals surface area contributed by atoms with Gasteiger partial charge in [-0.05, 0) is 49.2 Å². The van der Waals surface area contributed by atoms with Crippen molar-refractivity contribution in [2.45, 2.75) is 19.9 Å². The van der Waals surface area contributed by atoms with Gasteiger partial charge in [0, 0.05) is 24.2 Å². The molecule has 2 heterocycles. The third-order valence-electron chi connectivity index (χ3n) is 5.94. The van der Waals surface area contributed by atoms with E-state index in [1.807, 2.05) is 36.4 Å². The molecule has 0 aliphatic carbocycles. The van der Waals surface area contributed by atoms with Crippen molar-refractivity contribution in [2.24, 2.45) is 0 Å². The number of halogens is 1. The third kappa shape index (κ3) is 4.34. The standard InChI is InChI=1S/C27H24ClNO5/c1-17-26(34-20-8-5-7-19(14-20)31-2)25(30)21-10-11-24-22(27(21)33-17)15-29(16-32-24)13-12-18-6-3-4-9-23(18)28/h3-11,14H,12-13,15-16H2,1-2H3. The highest BCUT2D eigenvalue weighted by atomic mass is 35.5. The van der Waals surface area contributed by atoms with Gasteiger partial charge in [0.25, 0.3) is 0 Å². The molecule has 7 heteroatoms. The summed E-state index contributed by atoms with van der Waals surface area (Å²) < 4.78 is 23.3. The molecule has 6 nitrogen and oxygen atoms in total. The maximum Gasteiger partial charge on any atom is 0.235 e. The Labute approximate surface area is 202 Å². The van der Waals surface area contributed by atoms with Crippen molar-refractivity contribution in [3.8, 4) is 23.0 Å². The number of benzene rings is 3. The van der Waals surface area contributed by atoms with Crippen LogP contribution in [-0.2, 0) is 13.0 Å². The fourth-order valence-corrected chi connectivity index (χ4v) is 4.36. The van der Waals surface area contributed by atoms with E-state index in [1.165, 1.54) is 0 Å². The van der Waals surface area contributed by atoms with Gasteiger partial charge in [-0.2, -0.15) is 0 Å². The molecule has 1 aromatic heterocycles. The van der Waals surface area contributed by atoms with Gasteiger partial charge in [0.2, 0.25) is 11.2 Å². The van der Waals surface area contributed by atoms with Crippen molar-refractivity contribution < 1.29 is 18.6 Å². The Morgan fingerprint density at radius 3 is 2.71 bits per heavy atom. The molecule has 3 aromatic carbocycles. The molecule has 0 spiro atoms. The van der Waals surface area contributed by atoms with E-state index >= 15 is 0 Å². The van der Waals surface area contributed by atoms with Gasteiger partial charge in [0.05, 0.1) is 18.1 Å². The van der Waals surface area contributed by atoms with Gasteiger partial charge in [0.15, 0.2) is 0 Å². The van der Waals surface area contributed by atoms with E-state index < -0.39 is 0 Å². The smallest absolute Gasteiger partial charge is 0.235 e. The van der Waals surface area contributed by atoms with Crippen LogP contribution in [0.5, 0.6) is 23.0 Å². The van der Waals surface area contributed by atoms with Gasteiger partial charge in [-0.15, -0.1) is 0 Å². The second-order valence-electron chi connectivity index (χ2n) is 8.18. The first-order valence-electron chi connectivity index (χ1n) is 11.0. The van der Waals surface area contributed by atoms with Crippen LogP contribution in [0.4, 0.5) is 0 Å². The molecule has 0 unspecified atom stereocenters. The first-order valence-corrected chi connectivity index (χ1v) is 11.4. The molecular formula is C27H24ClNO5. The third-order valence-corrected chi connectivity index (χ3v) is 6.31. The summed E-state index contributed by atoms with van der Waals surface area (Å²) in [6, 6.07) is 18.5. The Balaban J connectivity index is 1.44. The van der Waals surface area contributed by atoms with E-state index in [9.17, 15) is 4.79 Å². The lowest BCUT2D eigenvalue weighted by molar-refractivity contribution is 0.0968. The maximum atomic E-state index is 13.3. The molecule has 0 N–H and O–H groups in total. The van der Waals surface area contributed by atoms with Crippen molar-refractivity contribution in [3.63, 3.8) is 0 Å². The Morgan fingerprint density at radius 2 is 1.88 bits per heavy atom. The van der Waals surface area contributed by atoms with Crippen molar-refractivity contribution in [1.29, 1.82) is 0 Å². The average Bonchev–Trinajstić information content (AvgIpc) is 2.86. The number of hydrogen-bond acceptors (Lipinski definition) is 6. The molecule has 0 saturated carbocycles. The van der Waals surface area contributed by atoms with E-state index in [0.29, 0.717) is 41.5 Å². The molecule has 4 aromatic rings. The largest absolute Gasteiger partial charge is 0.497 e. The summed E-state index contributed by atoms with van der Waals surface area (Å²) >= 11 is 6.31. The van der Waals surface area contributed by atoms with Gasteiger partial charge in [0.1, 0.15) is 35.3 Å². The van der Waals surface area contributed by atoms with E-state index in [2.05, 4.69) is 4.90 Å². The van der Waals surface area contributed by atoms with Gasteiger partial charge in [-0.25, -0.2) is 0 Å². The molecule has 5 rings (SSSR count). The van der Waals surface area contributed by atoms with Crippen LogP contribution < -0.4 is 19.6 Å². The fourth-order valence-electron chi connectivity index (χ4n) is 4.13. The van der Waals surface area contributed by atoms with E-state index in [-0.39, 0.29) is 11.2 Å². The topological polar surface area (TPSA) is 61.1 Å². The minimum atomic E-state index is -0.224. The number of rotatable bonds is 6. The average molecular weight is 478 g/mol. The highest BCUT2D eigenvalue weighted by Gasteiger charge is 2.24. The molecule has 34 heavy (non-hydrogen) atoms. The molecule has 1 aliphatic heterocycles. The number of nitrogens with zero attached hydrogens (tertiary/aromatic N) is 1. The number of ether oxygens (including phenoxy) is 3. The number of fused-ring (bicyclic) bond motifs is 3. The van der Waals surface area contributed by atoms with Crippen LogP contribution in [0, 0.1) is 6.92 Å². The zero-order valence-electron chi connectivity index (χ0n) is 19.0. The monoisotopic (exact) mass is 477 g/mol. The Hall–Kier alpha value is -3.48. The summed E-state index contributed by atoms with van der Waals surface area (Å²) in [4.78, 5) is 15.5. The molecule has 0 bridgehead atoms. The van der Waals surface area contributed by atoms with Gasteiger partial charge in [-0.1, -0.05) is 35.9 Å². The lowest BCUT2D eigenvalue weighted by atomic mass is 10.1. The van der Waals surface area contributed by atoms with Crippen LogP contribution in [0.15, 0.2) is 69.9 Å². The molecule has 174 valence electrons. The highest BCUT2D eigenvalue weighted by Crippen LogP contribution is 2.34. The Bertz CT molecular complexity index is 1410. The van der Waals surface area contributed by atoms with E-state index in [4.69, 9.17) is 30.2 Å². The molecule has 0 amide bonds. The van der Waals surface area contributed by atoms with Gasteiger partial charge < -0.3 is 18.6 Å². The van der Waals surface area contributed by atoms with Gasteiger partial charge >= 0.3 is 0 Å². The molecule has 1 aliphatic rings. The highest BCUT2D eigenvalue weighted by molar-refractivity contribution is 6.31. The summed E-state index contributed by atoms with van der Waals surface area (Å²) in [7, 11) is 1.58. The lowest BCUT2D eigenvalue weighted by Crippen LogP contribution is -2.33. The van der Waals surface area contributed by atoms with Crippen LogP contribution in [0.2, 0.25) is 5.02 Å². The van der Waals surface area contributed by atoms with Crippen molar-refractivity contribution in [1.82, 2.24) is 4.90 Å². The van der Waals surface area contributed by atoms with E-state index in [0.717, 1.165) is 34.9 Å². The number of methoxy groups -OCH3 is 1. The van der Waals surface area contributed by atoms with Crippen LogP contribution in [0.3, 0.4) is 0 Å². The Morgan fingerprint density at radius 1 is 1.06 bits per heavy atom. The summed E-state index contributed by atoms with van der Waals surface area (Å²) in [5.74, 6) is 2.44. The summed E-state index contributed by atoms with van der Waals surface area (Å²) in [5.41, 5.74) is 2.25. The van der Waals surface area contributed by atoms with Crippen molar-refractivity contribution in [2.75, 3.05) is 20.4 Å². The van der Waals surface area contributed by atoms with Crippen LogP contribution in [-0.4, -0.2) is 25.3 Å². The quantitative estimate of drug-likeness (QED) is 0.342. The summed E-state index contributed by atoms with van der Waals surface area (Å²) in [5, 5.41) is 1.22. The fraction of sp³-hybridized carbons (Fsp3) is 0.222. The second kappa shape index (κ2) is 9.41. The van der Waals surface area contributed by atoms with Crippen molar-refractivity contribution >= 4 is 22.6 Å². The SMILES string of the molecule is COc1cccc(Oc2c(C)oc3c4c(ccc3c2=O)OCN(CCc2ccccc2Cl)C4)c1. The minimum absolute atomic E-state index is 0.160. The molecule has 0 atom stereocenters. The molecule has 0 radical (unpaired) electrons. The minimum Gasteiger partial charge on any atom is -0.497 e. The summed E-state index contributed by atoms with van der Waals surface area (Å²) in [6.45, 7) is 3.56. The maximum absolute atomic E-state index is 13.3. The van der Waals surface area contributed by atoms with Crippen LogP contribution >= 0.6 is 11.6 Å². The molecule has 0 fully saturated rings. The number of hydrogen-bond donors (Lipinski definition) is 0. The summed E-state index contributed by atoms with van der Waals surface area (Å²) in [6.07, 6.45) is 0.796. The molecule has 0 saturated heterocycles. The lowest BCUT2D eigenvalue weighted by Gasteiger charge is -2.29. The Kier molecular flexibility index (Phi) is 6.18. The first-order chi connectivity index (χ1) is 16.5.